The molecule has 0 saturated carbocycles. The number of carbonyl (C=O) groups excluding carboxylic acids is 2. The lowest BCUT2D eigenvalue weighted by Gasteiger charge is -2.22. The first-order valence-corrected chi connectivity index (χ1v) is 10.4. The van der Waals surface area contributed by atoms with Crippen molar-refractivity contribution in [1.82, 2.24) is 14.8 Å². The smallest absolute Gasteiger partial charge is 0.274 e. The van der Waals surface area contributed by atoms with Gasteiger partial charge >= 0.3 is 0 Å². The van der Waals surface area contributed by atoms with E-state index < -0.39 is 40.3 Å². The number of nitrogens with two attached hydrogens (primary N) is 1. The Morgan fingerprint density at radius 1 is 1.41 bits per heavy atom. The van der Waals surface area contributed by atoms with Gasteiger partial charge in [-0.3, -0.25) is 14.6 Å². The van der Waals surface area contributed by atoms with E-state index in [9.17, 15) is 23.5 Å². The molecule has 0 saturated heterocycles. The van der Waals surface area contributed by atoms with Crippen LogP contribution < -0.4 is 16.4 Å². The van der Waals surface area contributed by atoms with Crippen LogP contribution in [0.3, 0.4) is 0 Å². The minimum Gasteiger partial charge on any atom is -0.504 e. The number of aromatic nitrogens is 1. The molecule has 1 aromatic heterocycles. The molecule has 1 aromatic carbocycles. The topological polar surface area (TPSA) is 113 Å². The van der Waals surface area contributed by atoms with Gasteiger partial charge in [0.2, 0.25) is 0 Å². The summed E-state index contributed by atoms with van der Waals surface area (Å²) < 4.78 is 29.1. The Kier molecular flexibility index (Phi) is 6.85. The molecule has 0 radical (unpaired) electrons. The van der Waals surface area contributed by atoms with E-state index >= 15 is 0 Å². The van der Waals surface area contributed by atoms with Crippen molar-refractivity contribution in [3.8, 4) is 5.75 Å². The zero-order valence-corrected chi connectivity index (χ0v) is 18.6. The molecule has 0 bridgehead atoms. The predicted octanol–water partition coefficient (Wildman–Crippen LogP) is 2.08. The largest absolute Gasteiger partial charge is 0.504 e. The van der Waals surface area contributed by atoms with Gasteiger partial charge in [-0.05, 0) is 19.4 Å². The second kappa shape index (κ2) is 9.25. The molecule has 1 unspecified atom stereocenters. The molecule has 2 amide bonds. The molecule has 1 atom stereocenters. The number of aromatic hydroxyl groups is 1. The van der Waals surface area contributed by atoms with Gasteiger partial charge in [0.1, 0.15) is 22.0 Å². The highest BCUT2D eigenvalue weighted by atomic mass is 35.5. The van der Waals surface area contributed by atoms with Gasteiger partial charge in [0.25, 0.3) is 11.8 Å². The highest BCUT2D eigenvalue weighted by Crippen LogP contribution is 2.31. The van der Waals surface area contributed by atoms with Gasteiger partial charge in [0.15, 0.2) is 11.4 Å². The Bertz CT molecular complexity index is 1170. The van der Waals surface area contributed by atoms with Crippen molar-refractivity contribution in [2.75, 3.05) is 20.6 Å². The van der Waals surface area contributed by atoms with Crippen molar-refractivity contribution in [3.05, 3.63) is 56.7 Å². The molecule has 2 heterocycles. The van der Waals surface area contributed by atoms with E-state index in [1.165, 1.54) is 22.6 Å². The summed E-state index contributed by atoms with van der Waals surface area (Å²) in [5.41, 5.74) is 6.57. The second-order valence-corrected chi connectivity index (χ2v) is 7.79. The number of fused-ring (bicyclic) bond motifs is 1. The minimum absolute atomic E-state index is 0.000631. The Morgan fingerprint density at radius 3 is 2.72 bits per heavy atom. The first-order valence-electron chi connectivity index (χ1n) is 9.98. The van der Waals surface area contributed by atoms with Crippen LogP contribution >= 0.6 is 11.6 Å². The van der Waals surface area contributed by atoms with Crippen molar-refractivity contribution in [1.29, 1.82) is 0 Å². The number of rotatable bonds is 5. The number of amides is 2. The quantitative estimate of drug-likeness (QED) is 0.584. The Hall–Kier alpha value is -2.98. The van der Waals surface area contributed by atoms with Gasteiger partial charge in [-0.2, -0.15) is 0 Å². The Balaban J connectivity index is 2.08. The van der Waals surface area contributed by atoms with E-state index in [1.807, 2.05) is 0 Å². The molecule has 1 aliphatic heterocycles. The number of hydrogen-bond donors (Lipinski definition) is 3. The number of nitrogens with one attached hydrogen (secondary N) is 1. The van der Waals surface area contributed by atoms with Crippen LogP contribution in [-0.2, 0) is 13.1 Å². The first-order chi connectivity index (χ1) is 15.1. The molecule has 1 aliphatic rings. The highest BCUT2D eigenvalue weighted by molar-refractivity contribution is 6.30. The fourth-order valence-electron chi connectivity index (χ4n) is 3.71. The van der Waals surface area contributed by atoms with Gasteiger partial charge in [0, 0.05) is 45.3 Å². The summed E-state index contributed by atoms with van der Waals surface area (Å²) in [4.78, 5) is 31.5. The van der Waals surface area contributed by atoms with Crippen LogP contribution in [0.15, 0.2) is 17.1 Å². The normalized spacial score (nSPS) is 15.6. The molecule has 11 heteroatoms. The number of nitrogens with zero attached hydrogens (tertiary/aromatic N) is 3. The zero-order chi connectivity index (χ0) is 23.7. The van der Waals surface area contributed by atoms with Gasteiger partial charge in [-0.1, -0.05) is 17.7 Å². The molecule has 32 heavy (non-hydrogen) atoms. The molecular formula is C21H24ClF2N5O3. The van der Waals surface area contributed by atoms with E-state index in [0.717, 1.165) is 6.07 Å². The van der Waals surface area contributed by atoms with Crippen molar-refractivity contribution in [3.63, 3.8) is 0 Å². The van der Waals surface area contributed by atoms with Crippen molar-refractivity contribution in [2.45, 2.75) is 32.5 Å². The number of hydrogen-bond acceptors (Lipinski definition) is 5. The van der Waals surface area contributed by atoms with Gasteiger partial charge in [0.05, 0.1) is 11.3 Å². The van der Waals surface area contributed by atoms with Crippen molar-refractivity contribution >= 4 is 23.4 Å². The van der Waals surface area contributed by atoms with E-state index in [4.69, 9.17) is 17.3 Å². The minimum atomic E-state index is -0.977. The summed E-state index contributed by atoms with van der Waals surface area (Å²) in [6.45, 7) is 2.24. The first kappa shape index (κ1) is 23.7. The third-order valence-corrected chi connectivity index (χ3v) is 5.89. The molecule has 0 aliphatic carbocycles. The van der Waals surface area contributed by atoms with Crippen LogP contribution in [0.25, 0.3) is 0 Å². The zero-order valence-electron chi connectivity index (χ0n) is 17.9. The van der Waals surface area contributed by atoms with E-state index in [0.29, 0.717) is 25.2 Å². The third-order valence-electron chi connectivity index (χ3n) is 5.55. The fraction of sp³-hybridized carbons (Fsp3) is 0.381. The summed E-state index contributed by atoms with van der Waals surface area (Å²) in [5.74, 6) is -3.43. The maximum Gasteiger partial charge on any atom is 0.274 e. The lowest BCUT2D eigenvalue weighted by Crippen LogP contribution is -2.36. The Labute approximate surface area is 188 Å². The average Bonchev–Trinajstić information content (AvgIpc) is 3.15. The number of pyridine rings is 1. The summed E-state index contributed by atoms with van der Waals surface area (Å²) >= 11 is 5.60. The Morgan fingerprint density at radius 2 is 2.09 bits per heavy atom. The number of carbonyl (C=O) groups is 2. The van der Waals surface area contributed by atoms with Crippen molar-refractivity contribution in [2.24, 2.45) is 10.7 Å². The molecule has 2 aromatic rings. The van der Waals surface area contributed by atoms with Crippen LogP contribution in [-0.4, -0.2) is 47.0 Å². The molecule has 172 valence electrons. The summed E-state index contributed by atoms with van der Waals surface area (Å²) in [6, 6.07) is 1.60. The van der Waals surface area contributed by atoms with E-state index in [1.54, 1.807) is 14.0 Å². The summed E-state index contributed by atoms with van der Waals surface area (Å²) in [7, 11) is 2.97. The maximum atomic E-state index is 14.2. The van der Waals surface area contributed by atoms with Crippen LogP contribution in [0, 0.1) is 11.6 Å². The molecular weight excluding hydrogens is 444 g/mol. The van der Waals surface area contributed by atoms with Crippen LogP contribution in [0.4, 0.5) is 8.78 Å². The monoisotopic (exact) mass is 467 g/mol. The third kappa shape index (κ3) is 3.95. The van der Waals surface area contributed by atoms with Gasteiger partial charge in [-0.25, -0.2) is 8.78 Å². The van der Waals surface area contributed by atoms with Gasteiger partial charge < -0.3 is 25.6 Å². The molecule has 4 N–H and O–H groups in total. The SMILES string of the molecule is CCN(C)C(=O)c1c(O)/c(=N/C)c(C(=O)NCc2ccc(F)c(Cl)c2F)c2n1CCC2N. The maximum absolute atomic E-state index is 14.2. The fourth-order valence-corrected chi connectivity index (χ4v) is 3.89. The molecule has 8 nitrogen and oxygen atoms in total. The standard InChI is InChI=1S/C21H24ClF2N5O3/c1-4-28(3)21(32)18-19(30)16(26-2)13(17-12(25)7-8-29(17)18)20(31)27-9-10-5-6-11(23)14(22)15(10)24/h5-6,12,30H,4,7-9,25H2,1-3H3,(H,27,31)/b26-16+. The number of benzene rings is 1. The number of halogens is 3. The van der Waals surface area contributed by atoms with Gasteiger partial charge in [-0.15, -0.1) is 0 Å². The van der Waals surface area contributed by atoms with Crippen LogP contribution in [0.2, 0.25) is 5.02 Å². The second-order valence-electron chi connectivity index (χ2n) is 7.41. The van der Waals surface area contributed by atoms with Crippen LogP contribution in [0.5, 0.6) is 5.75 Å². The lowest BCUT2D eigenvalue weighted by atomic mass is 10.0. The van der Waals surface area contributed by atoms with E-state index in [2.05, 4.69) is 10.3 Å². The van der Waals surface area contributed by atoms with Crippen LogP contribution in [0.1, 0.15) is 51.5 Å². The molecule has 3 rings (SSSR count). The average molecular weight is 468 g/mol. The highest BCUT2D eigenvalue weighted by Gasteiger charge is 2.34. The van der Waals surface area contributed by atoms with E-state index in [-0.39, 0.29) is 28.7 Å². The summed E-state index contributed by atoms with van der Waals surface area (Å²) in [6.07, 6.45) is 0.450. The molecule has 0 fully saturated rings. The molecule has 0 spiro atoms. The summed E-state index contributed by atoms with van der Waals surface area (Å²) in [5, 5.41) is 12.7. The van der Waals surface area contributed by atoms with Crippen molar-refractivity contribution < 1.29 is 23.5 Å². The predicted molar refractivity (Wildman–Crippen MR) is 114 cm³/mol. The lowest BCUT2D eigenvalue weighted by molar-refractivity contribution is 0.0785.